The van der Waals surface area contributed by atoms with Crippen LogP contribution in [-0.2, 0) is 24.3 Å². The summed E-state index contributed by atoms with van der Waals surface area (Å²) in [6, 6.07) is 21.7. The van der Waals surface area contributed by atoms with Crippen LogP contribution >= 0.6 is 0 Å². The van der Waals surface area contributed by atoms with Crippen molar-refractivity contribution in [3.05, 3.63) is 90.0 Å². The molecule has 0 aliphatic carbocycles. The summed E-state index contributed by atoms with van der Waals surface area (Å²) in [7, 11) is -3.99. The second-order valence-corrected chi connectivity index (χ2v) is 10.7. The predicted octanol–water partition coefficient (Wildman–Crippen LogP) is 2.58. The molecule has 1 N–H and O–H groups in total. The van der Waals surface area contributed by atoms with Crippen molar-refractivity contribution < 1.29 is 27.5 Å². The number of hydrogen-bond acceptors (Lipinski definition) is 7. The van der Waals surface area contributed by atoms with E-state index >= 15 is 0 Å². The predicted molar refractivity (Wildman–Crippen MR) is 147 cm³/mol. The number of para-hydroxylation sites is 1. The number of carbonyl (C=O) groups is 2. The highest BCUT2D eigenvalue weighted by Gasteiger charge is 2.27. The zero-order valence-corrected chi connectivity index (χ0v) is 22.3. The van der Waals surface area contributed by atoms with Gasteiger partial charge in [-0.25, -0.2) is 13.8 Å². The van der Waals surface area contributed by atoms with Crippen LogP contribution in [-0.4, -0.2) is 70.8 Å². The lowest BCUT2D eigenvalue weighted by atomic mass is 10.2. The Kier molecular flexibility index (Phi) is 9.29. The Hall–Kier alpha value is -4.22. The van der Waals surface area contributed by atoms with Gasteiger partial charge < -0.3 is 14.4 Å². The number of amides is 2. The number of hydrazone groups is 1. The molecular formula is C28H30N4O6S. The average Bonchev–Trinajstić information content (AvgIpc) is 2.96. The lowest BCUT2D eigenvalue weighted by Gasteiger charge is -2.26. The third-order valence-electron chi connectivity index (χ3n) is 5.95. The number of anilines is 1. The van der Waals surface area contributed by atoms with Gasteiger partial charge in [-0.2, -0.15) is 5.10 Å². The number of rotatable bonds is 10. The van der Waals surface area contributed by atoms with Crippen molar-refractivity contribution in [1.29, 1.82) is 0 Å². The first-order valence-corrected chi connectivity index (χ1v) is 13.8. The third kappa shape index (κ3) is 7.65. The molecule has 1 heterocycles. The summed E-state index contributed by atoms with van der Waals surface area (Å²) in [5, 5.41) is 3.96. The molecule has 10 nitrogen and oxygen atoms in total. The number of aryl methyl sites for hydroxylation is 1. The van der Waals surface area contributed by atoms with Crippen LogP contribution in [0.5, 0.6) is 5.75 Å². The van der Waals surface area contributed by atoms with Gasteiger partial charge in [-0.1, -0.05) is 35.9 Å². The van der Waals surface area contributed by atoms with Crippen molar-refractivity contribution >= 4 is 33.7 Å². The Morgan fingerprint density at radius 2 is 1.67 bits per heavy atom. The van der Waals surface area contributed by atoms with Gasteiger partial charge in [0.15, 0.2) is 6.61 Å². The van der Waals surface area contributed by atoms with Gasteiger partial charge in [-0.3, -0.25) is 13.9 Å². The first kappa shape index (κ1) is 27.8. The highest BCUT2D eigenvalue weighted by molar-refractivity contribution is 7.92. The van der Waals surface area contributed by atoms with E-state index < -0.39 is 22.5 Å². The molecule has 0 bridgehead atoms. The lowest BCUT2D eigenvalue weighted by Crippen LogP contribution is -2.42. The molecule has 3 aromatic rings. The number of carbonyl (C=O) groups excluding carboxylic acids is 2. The Morgan fingerprint density at radius 3 is 2.33 bits per heavy atom. The minimum atomic E-state index is -3.99. The van der Waals surface area contributed by atoms with Gasteiger partial charge in [-0.05, 0) is 61.0 Å². The molecule has 0 atom stereocenters. The van der Waals surface area contributed by atoms with E-state index in [-0.39, 0.29) is 17.4 Å². The van der Waals surface area contributed by atoms with Crippen molar-refractivity contribution in [1.82, 2.24) is 10.3 Å². The van der Waals surface area contributed by atoms with E-state index in [0.717, 1.165) is 9.87 Å². The number of nitrogens with one attached hydrogen (secondary N) is 1. The van der Waals surface area contributed by atoms with Crippen molar-refractivity contribution in [2.75, 3.05) is 43.8 Å². The summed E-state index contributed by atoms with van der Waals surface area (Å²) in [5.74, 6) is -0.175. The van der Waals surface area contributed by atoms with Crippen molar-refractivity contribution in [3.8, 4) is 5.75 Å². The quantitative estimate of drug-likeness (QED) is 0.306. The Balaban J connectivity index is 1.34. The van der Waals surface area contributed by atoms with Gasteiger partial charge in [0.2, 0.25) is 0 Å². The molecule has 0 unspecified atom stereocenters. The first-order valence-electron chi connectivity index (χ1n) is 12.4. The standard InChI is InChI=1S/C28H30N4O6S/c1-22-7-13-26(14-8-22)39(35,36)32(24-5-3-2-4-6-24)20-27(33)30-29-19-23-9-11-25(12-10-23)38-21-28(34)31-15-17-37-18-16-31/h2-14,19H,15-18,20-21H2,1H3,(H,30,33)/b29-19-. The smallest absolute Gasteiger partial charge is 0.264 e. The van der Waals surface area contributed by atoms with Crippen molar-refractivity contribution in [3.63, 3.8) is 0 Å². The summed E-state index contributed by atoms with van der Waals surface area (Å²) in [5.41, 5.74) is 4.35. The summed E-state index contributed by atoms with van der Waals surface area (Å²) >= 11 is 0. The molecule has 0 aromatic heterocycles. The summed E-state index contributed by atoms with van der Waals surface area (Å²) in [4.78, 5) is 26.7. The van der Waals surface area contributed by atoms with Crippen LogP contribution in [0.15, 0.2) is 88.9 Å². The maximum atomic E-state index is 13.4. The largest absolute Gasteiger partial charge is 0.484 e. The first-order chi connectivity index (χ1) is 18.8. The summed E-state index contributed by atoms with van der Waals surface area (Å²) in [6.45, 7) is 3.53. The van der Waals surface area contributed by atoms with E-state index in [9.17, 15) is 18.0 Å². The molecule has 11 heteroatoms. The molecule has 0 spiro atoms. The Bertz CT molecular complexity index is 1390. The maximum Gasteiger partial charge on any atom is 0.264 e. The molecular weight excluding hydrogens is 520 g/mol. The summed E-state index contributed by atoms with van der Waals surface area (Å²) in [6.07, 6.45) is 1.43. The van der Waals surface area contributed by atoms with Crippen LogP contribution in [0.2, 0.25) is 0 Å². The van der Waals surface area contributed by atoms with E-state index in [1.165, 1.54) is 18.3 Å². The maximum absolute atomic E-state index is 13.4. The highest BCUT2D eigenvalue weighted by atomic mass is 32.2. The van der Waals surface area contributed by atoms with Crippen LogP contribution in [0.1, 0.15) is 11.1 Å². The van der Waals surface area contributed by atoms with Gasteiger partial charge in [0, 0.05) is 13.1 Å². The van der Waals surface area contributed by atoms with E-state index in [0.29, 0.717) is 43.3 Å². The SMILES string of the molecule is Cc1ccc(S(=O)(=O)N(CC(=O)N/N=C\c2ccc(OCC(=O)N3CCOCC3)cc2)c2ccccc2)cc1. The molecule has 1 fully saturated rings. The second-order valence-electron chi connectivity index (χ2n) is 8.80. The lowest BCUT2D eigenvalue weighted by molar-refractivity contribution is -0.137. The Labute approximate surface area is 227 Å². The highest BCUT2D eigenvalue weighted by Crippen LogP contribution is 2.23. The number of ether oxygens (including phenoxy) is 2. The minimum Gasteiger partial charge on any atom is -0.484 e. The van der Waals surface area contributed by atoms with Gasteiger partial charge >= 0.3 is 0 Å². The van der Waals surface area contributed by atoms with E-state index in [2.05, 4.69) is 10.5 Å². The van der Waals surface area contributed by atoms with Crippen molar-refractivity contribution in [2.24, 2.45) is 5.10 Å². The second kappa shape index (κ2) is 13.0. The van der Waals surface area contributed by atoms with Gasteiger partial charge in [0.1, 0.15) is 12.3 Å². The molecule has 4 rings (SSSR count). The molecule has 1 aliphatic rings. The summed E-state index contributed by atoms with van der Waals surface area (Å²) < 4.78 is 38.6. The molecule has 0 saturated carbocycles. The topological polar surface area (TPSA) is 118 Å². The zero-order valence-electron chi connectivity index (χ0n) is 21.5. The van der Waals surface area contributed by atoms with E-state index in [1.54, 1.807) is 71.6 Å². The number of sulfonamides is 1. The molecule has 1 aliphatic heterocycles. The van der Waals surface area contributed by atoms with Gasteiger partial charge in [0.25, 0.3) is 21.8 Å². The molecule has 3 aromatic carbocycles. The number of hydrogen-bond donors (Lipinski definition) is 1. The fraction of sp³-hybridized carbons (Fsp3) is 0.250. The number of nitrogens with zero attached hydrogens (tertiary/aromatic N) is 3. The molecule has 204 valence electrons. The normalized spacial score (nSPS) is 13.7. The minimum absolute atomic E-state index is 0.0626. The Morgan fingerprint density at radius 1 is 1.00 bits per heavy atom. The third-order valence-corrected chi connectivity index (χ3v) is 7.74. The monoisotopic (exact) mass is 550 g/mol. The fourth-order valence-electron chi connectivity index (χ4n) is 3.79. The van der Waals surface area contributed by atoms with E-state index in [1.807, 2.05) is 6.92 Å². The molecule has 1 saturated heterocycles. The number of benzene rings is 3. The van der Waals surface area contributed by atoms with Crippen LogP contribution in [0.4, 0.5) is 5.69 Å². The average molecular weight is 551 g/mol. The molecule has 39 heavy (non-hydrogen) atoms. The zero-order chi connectivity index (χ0) is 27.7. The van der Waals surface area contributed by atoms with E-state index in [4.69, 9.17) is 9.47 Å². The van der Waals surface area contributed by atoms with Crippen LogP contribution in [0, 0.1) is 6.92 Å². The fourth-order valence-corrected chi connectivity index (χ4v) is 5.21. The van der Waals surface area contributed by atoms with Crippen LogP contribution < -0.4 is 14.5 Å². The molecule has 0 radical (unpaired) electrons. The van der Waals surface area contributed by atoms with Crippen LogP contribution in [0.3, 0.4) is 0 Å². The van der Waals surface area contributed by atoms with Crippen molar-refractivity contribution in [2.45, 2.75) is 11.8 Å². The molecule has 2 amide bonds. The van der Waals surface area contributed by atoms with Gasteiger partial charge in [-0.15, -0.1) is 0 Å². The number of morpholine rings is 1. The van der Waals surface area contributed by atoms with Gasteiger partial charge in [0.05, 0.1) is 30.0 Å². The van der Waals surface area contributed by atoms with Crippen LogP contribution in [0.25, 0.3) is 0 Å².